The Hall–Kier alpha value is -1.85. The summed E-state index contributed by atoms with van der Waals surface area (Å²) in [6.45, 7) is 5.07. The fourth-order valence-corrected chi connectivity index (χ4v) is 1.55. The van der Waals surface area contributed by atoms with E-state index in [1.807, 2.05) is 0 Å². The van der Waals surface area contributed by atoms with Crippen LogP contribution in [0.2, 0.25) is 0 Å². The molecule has 0 aromatic carbocycles. The molecule has 1 aromatic rings. The number of nitrogens with zero attached hydrogens (tertiary/aromatic N) is 2. The lowest BCUT2D eigenvalue weighted by Crippen LogP contribution is -2.14. The molecular weight excluding hydrogens is 220 g/mol. The van der Waals surface area contributed by atoms with E-state index >= 15 is 0 Å². The first-order valence-corrected chi connectivity index (χ1v) is 5.73. The van der Waals surface area contributed by atoms with Crippen LogP contribution in [-0.2, 0) is 0 Å². The van der Waals surface area contributed by atoms with Crippen LogP contribution in [0.1, 0.15) is 26.7 Å². The topological polar surface area (TPSA) is 94.1 Å². The summed E-state index contributed by atoms with van der Waals surface area (Å²) in [4.78, 5) is 14.0. The second kappa shape index (κ2) is 6.03. The highest BCUT2D eigenvalue weighted by atomic mass is 16.6. The molecule has 0 saturated heterocycles. The van der Waals surface area contributed by atoms with Crippen LogP contribution < -0.4 is 11.1 Å². The van der Waals surface area contributed by atoms with Gasteiger partial charge in [0.25, 0.3) is 0 Å². The quantitative estimate of drug-likeness (QED) is 0.586. The predicted molar refractivity (Wildman–Crippen MR) is 67.9 cm³/mol. The molecule has 0 atom stereocenters. The van der Waals surface area contributed by atoms with E-state index in [1.165, 1.54) is 6.07 Å². The van der Waals surface area contributed by atoms with E-state index in [2.05, 4.69) is 24.1 Å². The van der Waals surface area contributed by atoms with Gasteiger partial charge in [0.15, 0.2) is 0 Å². The van der Waals surface area contributed by atoms with Gasteiger partial charge in [-0.05, 0) is 12.0 Å². The largest absolute Gasteiger partial charge is 0.378 e. The van der Waals surface area contributed by atoms with Crippen LogP contribution >= 0.6 is 0 Å². The van der Waals surface area contributed by atoms with E-state index in [4.69, 9.17) is 5.73 Å². The molecule has 94 valence electrons. The third-order valence-electron chi connectivity index (χ3n) is 2.83. The Morgan fingerprint density at radius 3 is 2.59 bits per heavy atom. The molecule has 0 bridgehead atoms. The van der Waals surface area contributed by atoms with Gasteiger partial charge in [-0.25, -0.2) is 4.98 Å². The van der Waals surface area contributed by atoms with E-state index < -0.39 is 4.92 Å². The Labute approximate surface area is 100 Å². The molecule has 0 saturated carbocycles. The van der Waals surface area contributed by atoms with E-state index in [0.717, 1.165) is 19.4 Å². The molecule has 6 heteroatoms. The van der Waals surface area contributed by atoms with Crippen LogP contribution in [0.25, 0.3) is 0 Å². The third kappa shape index (κ3) is 3.58. The normalized spacial score (nSPS) is 10.5. The zero-order valence-corrected chi connectivity index (χ0v) is 10.1. The van der Waals surface area contributed by atoms with Crippen molar-refractivity contribution in [3.05, 3.63) is 22.2 Å². The molecule has 1 aromatic heterocycles. The Morgan fingerprint density at radius 1 is 1.47 bits per heavy atom. The maximum absolute atomic E-state index is 10.6. The number of anilines is 2. The van der Waals surface area contributed by atoms with Gasteiger partial charge in [0.2, 0.25) is 5.82 Å². The molecule has 0 amide bonds. The summed E-state index contributed by atoms with van der Waals surface area (Å²) in [5.41, 5.74) is 5.35. The summed E-state index contributed by atoms with van der Waals surface area (Å²) in [6.07, 6.45) is 2.18. The number of aromatic nitrogens is 1. The van der Waals surface area contributed by atoms with Gasteiger partial charge in [-0.15, -0.1) is 0 Å². The van der Waals surface area contributed by atoms with Gasteiger partial charge in [0.05, 0.1) is 4.92 Å². The first-order chi connectivity index (χ1) is 8.08. The summed E-state index contributed by atoms with van der Waals surface area (Å²) in [6, 6.07) is 2.95. The van der Waals surface area contributed by atoms with Gasteiger partial charge in [-0.1, -0.05) is 26.7 Å². The Kier molecular flexibility index (Phi) is 4.68. The first-order valence-electron chi connectivity index (χ1n) is 5.73. The zero-order valence-electron chi connectivity index (χ0n) is 10.1. The lowest BCUT2D eigenvalue weighted by molar-refractivity contribution is -0.384. The molecule has 0 aliphatic rings. The molecule has 0 aliphatic carbocycles. The number of pyridine rings is 1. The summed E-state index contributed by atoms with van der Waals surface area (Å²) < 4.78 is 0. The van der Waals surface area contributed by atoms with Crippen LogP contribution in [0.4, 0.5) is 17.3 Å². The average molecular weight is 238 g/mol. The average Bonchev–Trinajstić information content (AvgIpc) is 2.30. The highest BCUT2D eigenvalue weighted by Crippen LogP contribution is 2.21. The fraction of sp³-hybridized carbons (Fsp3) is 0.545. The number of nitrogens with one attached hydrogen (secondary N) is 1. The Balaban J connectivity index is 2.67. The highest BCUT2D eigenvalue weighted by Gasteiger charge is 2.13. The molecule has 6 nitrogen and oxygen atoms in total. The van der Waals surface area contributed by atoms with Crippen molar-refractivity contribution in [3.63, 3.8) is 0 Å². The molecular formula is C11H18N4O2. The SMILES string of the molecule is CCC(CC)CNc1ccc([N+](=O)[O-])c(N)n1. The Morgan fingerprint density at radius 2 is 2.12 bits per heavy atom. The molecule has 0 radical (unpaired) electrons. The number of nitro groups is 1. The minimum Gasteiger partial charge on any atom is -0.378 e. The maximum Gasteiger partial charge on any atom is 0.311 e. The lowest BCUT2D eigenvalue weighted by Gasteiger charge is -2.13. The molecule has 0 spiro atoms. The lowest BCUT2D eigenvalue weighted by atomic mass is 10.0. The number of hydrogen-bond donors (Lipinski definition) is 2. The van der Waals surface area contributed by atoms with E-state index in [-0.39, 0.29) is 11.5 Å². The number of nitrogens with two attached hydrogens (primary N) is 1. The summed E-state index contributed by atoms with van der Waals surface area (Å²) in [7, 11) is 0. The molecule has 0 aliphatic heterocycles. The van der Waals surface area contributed by atoms with Crippen molar-refractivity contribution in [2.75, 3.05) is 17.6 Å². The number of nitrogen functional groups attached to an aromatic ring is 1. The van der Waals surface area contributed by atoms with Gasteiger partial charge < -0.3 is 11.1 Å². The van der Waals surface area contributed by atoms with Crippen LogP contribution in [-0.4, -0.2) is 16.5 Å². The minimum absolute atomic E-state index is 0.0513. The second-order valence-electron chi connectivity index (χ2n) is 3.92. The third-order valence-corrected chi connectivity index (χ3v) is 2.83. The zero-order chi connectivity index (χ0) is 12.8. The van der Waals surface area contributed by atoms with Crippen LogP contribution in [0, 0.1) is 16.0 Å². The molecule has 1 heterocycles. The van der Waals surface area contributed by atoms with Crippen molar-refractivity contribution in [2.24, 2.45) is 5.92 Å². The van der Waals surface area contributed by atoms with Gasteiger partial charge in [-0.3, -0.25) is 10.1 Å². The molecule has 3 N–H and O–H groups in total. The van der Waals surface area contributed by atoms with Gasteiger partial charge in [0, 0.05) is 12.6 Å². The van der Waals surface area contributed by atoms with Gasteiger partial charge in [-0.2, -0.15) is 0 Å². The van der Waals surface area contributed by atoms with Crippen molar-refractivity contribution in [3.8, 4) is 0 Å². The number of hydrogen-bond acceptors (Lipinski definition) is 5. The second-order valence-corrected chi connectivity index (χ2v) is 3.92. The van der Waals surface area contributed by atoms with Crippen LogP contribution in [0.15, 0.2) is 12.1 Å². The van der Waals surface area contributed by atoms with Crippen molar-refractivity contribution in [2.45, 2.75) is 26.7 Å². The predicted octanol–water partition coefficient (Wildman–Crippen LogP) is 2.42. The van der Waals surface area contributed by atoms with Crippen LogP contribution in [0.5, 0.6) is 0 Å². The van der Waals surface area contributed by atoms with E-state index in [9.17, 15) is 10.1 Å². The highest BCUT2D eigenvalue weighted by molar-refractivity contribution is 5.57. The van der Waals surface area contributed by atoms with Gasteiger partial charge >= 0.3 is 5.69 Å². The van der Waals surface area contributed by atoms with Crippen molar-refractivity contribution < 1.29 is 4.92 Å². The van der Waals surface area contributed by atoms with Gasteiger partial charge in [0.1, 0.15) is 5.82 Å². The molecule has 0 unspecified atom stereocenters. The van der Waals surface area contributed by atoms with Crippen LogP contribution in [0.3, 0.4) is 0 Å². The molecule has 0 fully saturated rings. The first kappa shape index (κ1) is 13.2. The standard InChI is InChI=1S/C11H18N4O2/c1-3-8(4-2)7-13-10-6-5-9(15(16)17)11(12)14-10/h5-6,8H,3-4,7H2,1-2H3,(H3,12,13,14). The molecule has 17 heavy (non-hydrogen) atoms. The monoisotopic (exact) mass is 238 g/mol. The van der Waals surface area contributed by atoms with E-state index in [1.54, 1.807) is 6.07 Å². The van der Waals surface area contributed by atoms with Crippen molar-refractivity contribution >= 4 is 17.3 Å². The molecule has 1 rings (SSSR count). The Bertz CT molecular complexity index is 391. The maximum atomic E-state index is 10.6. The summed E-state index contributed by atoms with van der Waals surface area (Å²) in [5.74, 6) is 1.11. The fourth-order valence-electron chi connectivity index (χ4n) is 1.55. The van der Waals surface area contributed by atoms with Crippen molar-refractivity contribution in [1.29, 1.82) is 0 Å². The summed E-state index contributed by atoms with van der Waals surface area (Å²) in [5, 5.41) is 13.7. The minimum atomic E-state index is -0.535. The summed E-state index contributed by atoms with van der Waals surface area (Å²) >= 11 is 0. The number of rotatable bonds is 6. The smallest absolute Gasteiger partial charge is 0.311 e. The van der Waals surface area contributed by atoms with E-state index in [0.29, 0.717) is 11.7 Å². The van der Waals surface area contributed by atoms with Crippen molar-refractivity contribution in [1.82, 2.24) is 4.98 Å².